The lowest BCUT2D eigenvalue weighted by molar-refractivity contribution is 0.0250. The Balaban J connectivity index is 2.14. The lowest BCUT2D eigenvalue weighted by Gasteiger charge is -2.33. The Hall–Kier alpha value is 0.310. The molecule has 0 radical (unpaired) electrons. The molecule has 0 heterocycles. The van der Waals surface area contributed by atoms with Crippen molar-refractivity contribution < 1.29 is 5.11 Å². The van der Waals surface area contributed by atoms with Crippen molar-refractivity contribution in [1.29, 1.82) is 0 Å². The number of hydrogen-bond donors (Lipinski definition) is 2. The number of fused-ring (bicyclic) bond motifs is 1. The minimum atomic E-state index is -0.530. The Morgan fingerprint density at radius 2 is 1.83 bits per heavy atom. The summed E-state index contributed by atoms with van der Waals surface area (Å²) in [7, 11) is 0. The molecular weight excluding hydrogens is 168 g/mol. The maximum absolute atomic E-state index is 10.00. The van der Waals surface area contributed by atoms with Crippen molar-refractivity contribution >= 4 is 12.6 Å². The van der Waals surface area contributed by atoms with Crippen LogP contribution in [-0.4, -0.2) is 16.0 Å². The van der Waals surface area contributed by atoms with Gasteiger partial charge >= 0.3 is 0 Å². The molecule has 4 atom stereocenters. The molecule has 12 heavy (non-hydrogen) atoms. The summed E-state index contributed by atoms with van der Waals surface area (Å²) in [5.74, 6) is 1.57. The van der Waals surface area contributed by atoms with Crippen LogP contribution in [0.3, 0.4) is 0 Å². The molecule has 0 spiro atoms. The SMILES string of the molecule is CC1(O)CC2C(CC1S)C2(C)C. The summed E-state index contributed by atoms with van der Waals surface area (Å²) in [6.45, 7) is 6.55. The van der Waals surface area contributed by atoms with Crippen LogP contribution in [-0.2, 0) is 0 Å². The monoisotopic (exact) mass is 186 g/mol. The van der Waals surface area contributed by atoms with Gasteiger partial charge in [0.15, 0.2) is 0 Å². The third kappa shape index (κ3) is 1.04. The van der Waals surface area contributed by atoms with Crippen LogP contribution in [0.25, 0.3) is 0 Å². The lowest BCUT2D eigenvalue weighted by Crippen LogP contribution is -2.39. The van der Waals surface area contributed by atoms with E-state index >= 15 is 0 Å². The van der Waals surface area contributed by atoms with Gasteiger partial charge in [0.2, 0.25) is 0 Å². The van der Waals surface area contributed by atoms with E-state index in [1.54, 1.807) is 0 Å². The van der Waals surface area contributed by atoms with Crippen LogP contribution < -0.4 is 0 Å². The molecule has 1 nitrogen and oxygen atoms in total. The van der Waals surface area contributed by atoms with Gasteiger partial charge in [0.05, 0.1) is 5.60 Å². The van der Waals surface area contributed by atoms with Gasteiger partial charge in [-0.2, -0.15) is 12.6 Å². The molecule has 4 unspecified atom stereocenters. The quantitative estimate of drug-likeness (QED) is 0.555. The van der Waals surface area contributed by atoms with Crippen LogP contribution in [0.1, 0.15) is 33.6 Å². The van der Waals surface area contributed by atoms with Crippen LogP contribution >= 0.6 is 12.6 Å². The summed E-state index contributed by atoms with van der Waals surface area (Å²) in [6.07, 6.45) is 2.03. The van der Waals surface area contributed by atoms with Gasteiger partial charge in [0, 0.05) is 5.25 Å². The first-order valence-corrected chi connectivity index (χ1v) is 5.28. The molecule has 0 aromatic carbocycles. The van der Waals surface area contributed by atoms with E-state index in [-0.39, 0.29) is 5.25 Å². The van der Waals surface area contributed by atoms with Crippen LogP contribution in [0.4, 0.5) is 0 Å². The smallest absolute Gasteiger partial charge is 0.0738 e. The fourth-order valence-corrected chi connectivity index (χ4v) is 3.14. The van der Waals surface area contributed by atoms with Gasteiger partial charge in [0.1, 0.15) is 0 Å². The van der Waals surface area contributed by atoms with Gasteiger partial charge in [0.25, 0.3) is 0 Å². The molecule has 70 valence electrons. The minimum Gasteiger partial charge on any atom is -0.389 e. The molecule has 0 amide bonds. The van der Waals surface area contributed by atoms with Gasteiger partial charge in [-0.1, -0.05) is 13.8 Å². The molecule has 0 aliphatic heterocycles. The fraction of sp³-hybridized carbons (Fsp3) is 1.00. The molecule has 2 heteroatoms. The second-order valence-electron chi connectivity index (χ2n) is 5.35. The van der Waals surface area contributed by atoms with Gasteiger partial charge in [-0.25, -0.2) is 0 Å². The molecule has 2 aliphatic rings. The lowest BCUT2D eigenvalue weighted by atomic mass is 9.86. The van der Waals surface area contributed by atoms with Crippen molar-refractivity contribution in [1.82, 2.24) is 0 Å². The Morgan fingerprint density at radius 1 is 1.25 bits per heavy atom. The maximum atomic E-state index is 10.00. The Bertz CT molecular complexity index is 210. The van der Waals surface area contributed by atoms with Gasteiger partial charge in [-0.15, -0.1) is 0 Å². The number of aliphatic hydroxyl groups is 1. The summed E-state index contributed by atoms with van der Waals surface area (Å²) in [5, 5.41) is 10.2. The molecular formula is C10H18OS. The average Bonchev–Trinajstić information content (AvgIpc) is 2.37. The van der Waals surface area contributed by atoms with E-state index in [0.717, 1.165) is 24.7 Å². The predicted molar refractivity (Wildman–Crippen MR) is 53.4 cm³/mol. The van der Waals surface area contributed by atoms with E-state index < -0.39 is 5.60 Å². The van der Waals surface area contributed by atoms with Crippen molar-refractivity contribution in [2.75, 3.05) is 0 Å². The number of hydrogen-bond acceptors (Lipinski definition) is 2. The third-order valence-electron chi connectivity index (χ3n) is 4.12. The Kier molecular flexibility index (Phi) is 1.64. The standard InChI is InChI=1S/C10H18OS/c1-9(2)6-4-8(12)10(3,11)5-7(6)9/h6-8,11-12H,4-5H2,1-3H3. The first-order valence-electron chi connectivity index (χ1n) is 4.76. The topological polar surface area (TPSA) is 20.2 Å². The first-order chi connectivity index (χ1) is 5.36. The molecule has 2 rings (SSSR count). The zero-order valence-corrected chi connectivity index (χ0v) is 8.94. The Morgan fingerprint density at radius 3 is 2.33 bits per heavy atom. The van der Waals surface area contributed by atoms with Crippen molar-refractivity contribution in [3.05, 3.63) is 0 Å². The normalized spacial score (nSPS) is 56.2. The van der Waals surface area contributed by atoms with Gasteiger partial charge < -0.3 is 5.11 Å². The summed E-state index contributed by atoms with van der Waals surface area (Å²) in [4.78, 5) is 0. The predicted octanol–water partition coefficient (Wildman–Crippen LogP) is 2.10. The summed E-state index contributed by atoms with van der Waals surface area (Å²) >= 11 is 4.46. The highest BCUT2D eigenvalue weighted by molar-refractivity contribution is 7.81. The highest BCUT2D eigenvalue weighted by Gasteiger charge is 2.63. The van der Waals surface area contributed by atoms with Gasteiger partial charge in [-0.05, 0) is 37.0 Å². The molecule has 0 aromatic rings. The summed E-state index contributed by atoms with van der Waals surface area (Å²) < 4.78 is 0. The highest BCUT2D eigenvalue weighted by Crippen LogP contribution is 2.66. The largest absolute Gasteiger partial charge is 0.389 e. The van der Waals surface area contributed by atoms with E-state index in [2.05, 4.69) is 26.5 Å². The van der Waals surface area contributed by atoms with Crippen molar-refractivity contribution in [2.45, 2.75) is 44.5 Å². The minimum absolute atomic E-state index is 0.181. The Labute approximate surface area is 80.0 Å². The fourth-order valence-electron chi connectivity index (χ4n) is 2.81. The molecule has 0 saturated heterocycles. The van der Waals surface area contributed by atoms with E-state index in [0.29, 0.717) is 5.41 Å². The second kappa shape index (κ2) is 2.21. The molecule has 2 aliphatic carbocycles. The summed E-state index contributed by atoms with van der Waals surface area (Å²) in [6, 6.07) is 0. The average molecular weight is 186 g/mol. The number of rotatable bonds is 0. The molecule has 1 N–H and O–H groups in total. The van der Waals surface area contributed by atoms with Crippen molar-refractivity contribution in [2.24, 2.45) is 17.3 Å². The van der Waals surface area contributed by atoms with Crippen LogP contribution in [0.2, 0.25) is 0 Å². The molecule has 2 fully saturated rings. The molecule has 0 aromatic heterocycles. The summed E-state index contributed by atoms with van der Waals surface area (Å²) in [5.41, 5.74) is -0.0560. The second-order valence-corrected chi connectivity index (χ2v) is 5.97. The van der Waals surface area contributed by atoms with Crippen LogP contribution in [0.5, 0.6) is 0 Å². The van der Waals surface area contributed by atoms with E-state index in [1.807, 2.05) is 6.92 Å². The van der Waals surface area contributed by atoms with Gasteiger partial charge in [-0.3, -0.25) is 0 Å². The molecule has 0 bridgehead atoms. The van der Waals surface area contributed by atoms with E-state index in [4.69, 9.17) is 0 Å². The van der Waals surface area contributed by atoms with E-state index in [9.17, 15) is 5.11 Å². The zero-order chi connectivity index (χ0) is 9.15. The number of thiol groups is 1. The zero-order valence-electron chi connectivity index (χ0n) is 8.04. The maximum Gasteiger partial charge on any atom is 0.0738 e. The first kappa shape index (κ1) is 8.89. The van der Waals surface area contributed by atoms with Crippen LogP contribution in [0, 0.1) is 17.3 Å². The third-order valence-corrected chi connectivity index (χ3v) is 4.88. The van der Waals surface area contributed by atoms with Crippen molar-refractivity contribution in [3.8, 4) is 0 Å². The van der Waals surface area contributed by atoms with Crippen molar-refractivity contribution in [3.63, 3.8) is 0 Å². The van der Waals surface area contributed by atoms with Crippen LogP contribution in [0.15, 0.2) is 0 Å². The van der Waals surface area contributed by atoms with E-state index in [1.165, 1.54) is 0 Å². The molecule has 2 saturated carbocycles. The highest BCUT2D eigenvalue weighted by atomic mass is 32.1.